The van der Waals surface area contributed by atoms with Crippen molar-refractivity contribution in [2.75, 3.05) is 13.3 Å². The Hall–Kier alpha value is -3.31. The second kappa shape index (κ2) is 11.1. The van der Waals surface area contributed by atoms with Gasteiger partial charge in [0.25, 0.3) is 5.89 Å². The van der Waals surface area contributed by atoms with Crippen molar-refractivity contribution in [1.29, 1.82) is 0 Å². The zero-order valence-corrected chi connectivity index (χ0v) is 23.4. The molecule has 13 heteroatoms. The van der Waals surface area contributed by atoms with E-state index in [9.17, 15) is 4.79 Å². The molecule has 2 unspecified atom stereocenters. The fourth-order valence-corrected chi connectivity index (χ4v) is 4.85. The molecule has 2 N–H and O–H groups in total. The predicted octanol–water partition coefficient (Wildman–Crippen LogP) is 5.52. The van der Waals surface area contributed by atoms with Crippen LogP contribution in [0.2, 0.25) is 15.1 Å². The van der Waals surface area contributed by atoms with Gasteiger partial charge in [0.05, 0.1) is 27.7 Å². The SMILES string of the molecule is C=C(OCN1CC(Oc2cc(Cl)c(-c3noc(-c4cn5cc(C)cc(Cl)c5n4)n3)cc2Cl)CCC1=O)C(C)N. The Morgan fingerprint density at radius 3 is 2.77 bits per heavy atom. The first-order valence-corrected chi connectivity index (χ1v) is 13.2. The Morgan fingerprint density at radius 2 is 2.00 bits per heavy atom. The second-order valence-electron chi connectivity index (χ2n) is 9.33. The maximum atomic E-state index is 12.3. The van der Waals surface area contributed by atoms with E-state index >= 15 is 0 Å². The van der Waals surface area contributed by atoms with Crippen LogP contribution in [0.3, 0.4) is 0 Å². The number of amides is 1. The largest absolute Gasteiger partial charge is 0.487 e. The van der Waals surface area contributed by atoms with E-state index in [1.807, 2.05) is 19.2 Å². The number of pyridine rings is 1. The molecule has 1 amide bonds. The van der Waals surface area contributed by atoms with E-state index in [2.05, 4.69) is 21.7 Å². The summed E-state index contributed by atoms with van der Waals surface area (Å²) in [6.07, 6.45) is 4.18. The Morgan fingerprint density at radius 1 is 1.21 bits per heavy atom. The quantitative estimate of drug-likeness (QED) is 0.266. The molecule has 1 aromatic carbocycles. The first kappa shape index (κ1) is 27.3. The molecule has 0 radical (unpaired) electrons. The molecule has 5 rings (SSSR count). The van der Waals surface area contributed by atoms with Crippen LogP contribution in [-0.2, 0) is 9.53 Å². The van der Waals surface area contributed by atoms with Gasteiger partial charge in [0, 0.05) is 30.4 Å². The zero-order valence-electron chi connectivity index (χ0n) is 21.2. The Kier molecular flexibility index (Phi) is 7.73. The van der Waals surface area contributed by atoms with Gasteiger partial charge in [0.2, 0.25) is 11.7 Å². The minimum absolute atomic E-state index is 0.0391. The zero-order chi connectivity index (χ0) is 27.8. The maximum Gasteiger partial charge on any atom is 0.278 e. The van der Waals surface area contributed by atoms with Crippen molar-refractivity contribution in [2.24, 2.45) is 5.73 Å². The smallest absolute Gasteiger partial charge is 0.278 e. The molecule has 0 aliphatic carbocycles. The van der Waals surface area contributed by atoms with Crippen molar-refractivity contribution in [3.63, 3.8) is 0 Å². The van der Waals surface area contributed by atoms with Gasteiger partial charge in [-0.05, 0) is 38.0 Å². The Balaban J connectivity index is 1.31. The van der Waals surface area contributed by atoms with Gasteiger partial charge in [-0.2, -0.15) is 4.98 Å². The standard InChI is InChI=1S/C26H25Cl3N6O4/c1-13-6-20(29)25-31-21(11-34(25)9-13)26-32-24(33-39-26)17-7-19(28)22(8-18(17)27)38-16-4-5-23(36)35(10-16)12-37-15(3)14(2)30/h6-9,11,14,16H,3-5,10,12,30H2,1-2H3. The lowest BCUT2D eigenvalue weighted by Gasteiger charge is -2.33. The lowest BCUT2D eigenvalue weighted by molar-refractivity contribution is -0.141. The molecule has 0 saturated carbocycles. The highest BCUT2D eigenvalue weighted by atomic mass is 35.5. The summed E-state index contributed by atoms with van der Waals surface area (Å²) in [4.78, 5) is 22.8. The number of fused-ring (bicyclic) bond motifs is 1. The van der Waals surface area contributed by atoms with Crippen molar-refractivity contribution in [1.82, 2.24) is 24.4 Å². The number of aromatic nitrogens is 4. The number of imidazole rings is 1. The minimum atomic E-state index is -0.339. The van der Waals surface area contributed by atoms with Crippen molar-refractivity contribution in [3.8, 4) is 28.7 Å². The third kappa shape index (κ3) is 5.84. The number of nitrogens with two attached hydrogens (primary N) is 1. The second-order valence-corrected chi connectivity index (χ2v) is 10.6. The summed E-state index contributed by atoms with van der Waals surface area (Å²) in [7, 11) is 0. The molecule has 4 heterocycles. The highest BCUT2D eigenvalue weighted by molar-refractivity contribution is 6.36. The van der Waals surface area contributed by atoms with Crippen molar-refractivity contribution < 1.29 is 18.8 Å². The van der Waals surface area contributed by atoms with Crippen LogP contribution in [-0.4, -0.2) is 55.8 Å². The molecule has 10 nitrogen and oxygen atoms in total. The molecular weight excluding hydrogens is 567 g/mol. The number of halogens is 3. The lowest BCUT2D eigenvalue weighted by atomic mass is 10.1. The molecule has 1 aliphatic heterocycles. The Labute approximate surface area is 239 Å². The van der Waals surface area contributed by atoms with Crippen molar-refractivity contribution in [2.45, 2.75) is 38.8 Å². The number of nitrogens with zero attached hydrogens (tertiary/aromatic N) is 5. The average Bonchev–Trinajstić information content (AvgIpc) is 3.53. The van der Waals surface area contributed by atoms with Gasteiger partial charge in [-0.3, -0.25) is 4.79 Å². The van der Waals surface area contributed by atoms with Crippen LogP contribution in [0.4, 0.5) is 0 Å². The number of hydrogen-bond acceptors (Lipinski definition) is 8. The fraction of sp³-hybridized carbons (Fsp3) is 0.308. The van der Waals surface area contributed by atoms with Gasteiger partial charge >= 0.3 is 0 Å². The predicted molar refractivity (Wildman–Crippen MR) is 148 cm³/mol. The van der Waals surface area contributed by atoms with Crippen LogP contribution in [0.5, 0.6) is 5.75 Å². The van der Waals surface area contributed by atoms with E-state index in [-0.39, 0.29) is 36.5 Å². The van der Waals surface area contributed by atoms with Crippen LogP contribution in [0.1, 0.15) is 25.3 Å². The number of piperidine rings is 1. The number of hydrogen-bond donors (Lipinski definition) is 1. The van der Waals surface area contributed by atoms with Gasteiger partial charge in [-0.15, -0.1) is 0 Å². The van der Waals surface area contributed by atoms with Crippen LogP contribution in [0, 0.1) is 6.92 Å². The van der Waals surface area contributed by atoms with Gasteiger partial charge < -0.3 is 29.0 Å². The fourth-order valence-electron chi connectivity index (χ4n) is 4.09. The number of likely N-dealkylation sites (tertiary alicyclic amines) is 1. The van der Waals surface area contributed by atoms with Gasteiger partial charge in [-0.25, -0.2) is 4.98 Å². The van der Waals surface area contributed by atoms with E-state index in [0.717, 1.165) is 5.56 Å². The molecule has 1 aliphatic rings. The molecule has 3 aromatic heterocycles. The number of ether oxygens (including phenoxy) is 2. The third-order valence-electron chi connectivity index (χ3n) is 6.21. The number of rotatable bonds is 8. The molecular formula is C26H25Cl3N6O4. The van der Waals surface area contributed by atoms with Crippen LogP contribution < -0.4 is 10.5 Å². The van der Waals surface area contributed by atoms with E-state index in [0.29, 0.717) is 62.9 Å². The summed E-state index contributed by atoms with van der Waals surface area (Å²) in [5.74, 6) is 1.18. The highest BCUT2D eigenvalue weighted by Crippen LogP contribution is 2.37. The maximum absolute atomic E-state index is 12.3. The summed E-state index contributed by atoms with van der Waals surface area (Å²) >= 11 is 19.4. The Bertz CT molecular complexity index is 1570. The summed E-state index contributed by atoms with van der Waals surface area (Å²) < 4.78 is 18.9. The first-order valence-electron chi connectivity index (χ1n) is 12.1. The minimum Gasteiger partial charge on any atom is -0.487 e. The lowest BCUT2D eigenvalue weighted by Crippen LogP contribution is -2.45. The molecule has 39 heavy (non-hydrogen) atoms. The third-order valence-corrected chi connectivity index (χ3v) is 7.10. The topological polar surface area (TPSA) is 121 Å². The summed E-state index contributed by atoms with van der Waals surface area (Å²) in [6.45, 7) is 7.82. The number of aryl methyl sites for hydroxylation is 1. The summed E-state index contributed by atoms with van der Waals surface area (Å²) in [5, 5.41) is 5.19. The summed E-state index contributed by atoms with van der Waals surface area (Å²) in [5.41, 5.74) is 8.25. The van der Waals surface area contributed by atoms with Gasteiger partial charge in [-0.1, -0.05) is 46.5 Å². The summed E-state index contributed by atoms with van der Waals surface area (Å²) in [6, 6.07) is 4.69. The van der Waals surface area contributed by atoms with Crippen molar-refractivity contribution >= 4 is 46.4 Å². The van der Waals surface area contributed by atoms with E-state index < -0.39 is 0 Å². The normalized spacial score (nSPS) is 16.5. The van der Waals surface area contributed by atoms with Crippen LogP contribution >= 0.6 is 34.8 Å². The monoisotopic (exact) mass is 590 g/mol. The average molecular weight is 592 g/mol. The van der Waals surface area contributed by atoms with E-state index in [1.165, 1.54) is 0 Å². The molecule has 204 valence electrons. The highest BCUT2D eigenvalue weighted by Gasteiger charge is 2.28. The molecule has 0 spiro atoms. The molecule has 0 bridgehead atoms. The number of carbonyl (C=O) groups excluding carboxylic acids is 1. The molecule has 1 fully saturated rings. The molecule has 4 aromatic rings. The molecule has 2 atom stereocenters. The number of benzene rings is 1. The van der Waals surface area contributed by atoms with E-state index in [1.54, 1.807) is 34.6 Å². The first-order chi connectivity index (χ1) is 18.6. The van der Waals surface area contributed by atoms with Crippen LogP contribution in [0.15, 0.2) is 47.5 Å². The molecule has 1 saturated heterocycles. The van der Waals surface area contributed by atoms with E-state index in [4.69, 9.17) is 54.5 Å². The van der Waals surface area contributed by atoms with Crippen LogP contribution in [0.25, 0.3) is 28.6 Å². The van der Waals surface area contributed by atoms with Crippen molar-refractivity contribution in [3.05, 3.63) is 63.6 Å². The van der Waals surface area contributed by atoms with Gasteiger partial charge in [0.15, 0.2) is 12.4 Å². The number of carbonyl (C=O) groups is 1. The van der Waals surface area contributed by atoms with Gasteiger partial charge in [0.1, 0.15) is 23.3 Å².